The van der Waals surface area contributed by atoms with Gasteiger partial charge in [0.2, 0.25) is 5.95 Å². The molecule has 10 heteroatoms. The molecule has 0 spiro atoms. The van der Waals surface area contributed by atoms with Gasteiger partial charge in [-0.15, -0.1) is 0 Å². The zero-order valence-electron chi connectivity index (χ0n) is 14.1. The van der Waals surface area contributed by atoms with Crippen molar-refractivity contribution < 1.29 is 10.2 Å². The lowest BCUT2D eigenvalue weighted by atomic mass is 10.2. The van der Waals surface area contributed by atoms with Gasteiger partial charge in [-0.1, -0.05) is 11.2 Å². The molecule has 0 radical (unpaired) electrons. The smallest absolute Gasteiger partial charge is 0.254 e. The number of quaternary nitrogens is 1. The summed E-state index contributed by atoms with van der Waals surface area (Å²) >= 11 is 0. The summed E-state index contributed by atoms with van der Waals surface area (Å²) in [5.74, 6) is 0.0615. The van der Waals surface area contributed by atoms with E-state index in [4.69, 9.17) is 16.9 Å². The van der Waals surface area contributed by atoms with Gasteiger partial charge in [0.25, 0.3) is 5.91 Å². The third kappa shape index (κ3) is 5.61. The molecule has 0 unspecified atom stereocenters. The van der Waals surface area contributed by atoms with Gasteiger partial charge in [0.05, 0.1) is 0 Å². The summed E-state index contributed by atoms with van der Waals surface area (Å²) in [5, 5.41) is 17.0. The third-order valence-corrected chi connectivity index (χ3v) is 3.25. The van der Waals surface area contributed by atoms with Crippen molar-refractivity contribution >= 4 is 41.5 Å². The molecule has 0 saturated heterocycles. The van der Waals surface area contributed by atoms with Crippen molar-refractivity contribution in [2.24, 2.45) is 16.6 Å². The number of primary amides is 1. The second-order valence-electron chi connectivity index (χ2n) is 5.23. The summed E-state index contributed by atoms with van der Waals surface area (Å²) < 4.78 is 0. The van der Waals surface area contributed by atoms with Crippen molar-refractivity contribution in [3.8, 4) is 0 Å². The molecule has 136 valence electrons. The van der Waals surface area contributed by atoms with Crippen LogP contribution in [0.25, 0.3) is 0 Å². The number of benzene rings is 1. The molecule has 2 aromatic rings. The van der Waals surface area contributed by atoms with Crippen LogP contribution in [0.5, 0.6) is 0 Å². The first-order valence-electron chi connectivity index (χ1n) is 7.97. The Morgan fingerprint density at radius 1 is 1.42 bits per heavy atom. The summed E-state index contributed by atoms with van der Waals surface area (Å²) in [4.78, 5) is 20.1. The van der Waals surface area contributed by atoms with E-state index in [1.54, 1.807) is 5.43 Å². The number of hydrogen-bond acceptors (Lipinski definition) is 8. The average Bonchev–Trinajstić information content (AvgIpc) is 2.62. The van der Waals surface area contributed by atoms with E-state index in [0.717, 1.165) is 18.3 Å². The van der Waals surface area contributed by atoms with Crippen LogP contribution in [0.1, 0.15) is 16.8 Å². The van der Waals surface area contributed by atoms with Crippen LogP contribution < -0.4 is 27.5 Å². The van der Waals surface area contributed by atoms with Gasteiger partial charge >= 0.3 is 0 Å². The summed E-state index contributed by atoms with van der Waals surface area (Å²) in [6.45, 7) is 1.18. The van der Waals surface area contributed by atoms with E-state index in [9.17, 15) is 4.79 Å². The van der Waals surface area contributed by atoms with E-state index in [0.29, 0.717) is 30.5 Å². The van der Waals surface area contributed by atoms with Gasteiger partial charge in [-0.25, -0.2) is 4.98 Å². The normalized spacial score (nSPS) is 10.7. The van der Waals surface area contributed by atoms with Gasteiger partial charge in [-0.05, 0) is 19.0 Å². The highest BCUT2D eigenvalue weighted by atomic mass is 16.1. The number of aromatic nitrogens is 2. The maximum atomic E-state index is 11.6. The topological polar surface area (TPSA) is 172 Å². The van der Waals surface area contributed by atoms with E-state index >= 15 is 0 Å². The minimum Gasteiger partial charge on any atom is -0.365 e. The van der Waals surface area contributed by atoms with Crippen molar-refractivity contribution in [3.05, 3.63) is 36.0 Å². The second-order valence-corrected chi connectivity index (χ2v) is 5.23. The minimum absolute atomic E-state index is 0.186. The van der Waals surface area contributed by atoms with E-state index in [1.165, 1.54) is 12.4 Å². The monoisotopic (exact) mass is 356 g/mol. The molecule has 0 saturated carbocycles. The zero-order chi connectivity index (χ0) is 18.8. The van der Waals surface area contributed by atoms with Gasteiger partial charge in [0, 0.05) is 36.8 Å². The van der Waals surface area contributed by atoms with Crippen LogP contribution >= 0.6 is 0 Å². The number of anilines is 3. The molecule has 26 heavy (non-hydrogen) atoms. The average molecular weight is 356 g/mol. The fourth-order valence-corrected chi connectivity index (χ4v) is 2.05. The lowest BCUT2D eigenvalue weighted by Gasteiger charge is -2.11. The fourth-order valence-electron chi connectivity index (χ4n) is 2.05. The minimum atomic E-state index is -0.626. The van der Waals surface area contributed by atoms with Crippen molar-refractivity contribution in [1.82, 2.24) is 9.97 Å². The maximum Gasteiger partial charge on any atom is 0.254 e. The number of nitrogens with one attached hydrogen (secondary N) is 3. The molecule has 2 rings (SSSR count). The van der Waals surface area contributed by atoms with Crippen molar-refractivity contribution in [2.75, 3.05) is 23.7 Å². The Morgan fingerprint density at radius 3 is 3.00 bits per heavy atom. The molecule has 10 nitrogen and oxygen atoms in total. The fraction of sp³-hybridized carbons (Fsp3) is 0.188. The molecular weight excluding hydrogens is 334 g/mol. The highest BCUT2D eigenvalue weighted by Crippen LogP contribution is 2.20. The first kappa shape index (κ1) is 19.0. The predicted octanol–water partition coefficient (Wildman–Crippen LogP) is -0.0899. The lowest BCUT2D eigenvalue weighted by Crippen LogP contribution is -2.71. The number of amides is 1. The quantitative estimate of drug-likeness (QED) is 0.114. The van der Waals surface area contributed by atoms with Crippen molar-refractivity contribution in [1.29, 1.82) is 5.41 Å². The van der Waals surface area contributed by atoms with E-state index in [1.807, 2.05) is 24.3 Å². The lowest BCUT2D eigenvalue weighted by molar-refractivity contribution is -0.576. The summed E-state index contributed by atoms with van der Waals surface area (Å²) in [6, 6.07) is 7.35. The number of carbonyl (C=O) groups is 1. The van der Waals surface area contributed by atoms with Crippen LogP contribution in [0.15, 0.2) is 35.6 Å². The van der Waals surface area contributed by atoms with Crippen LogP contribution in [0, 0.1) is 5.41 Å². The second kappa shape index (κ2) is 9.81. The number of nitrogens with zero attached hydrogens (tertiary/aromatic N) is 3. The molecular formula is C16H22N9O+. The molecule has 0 aliphatic heterocycles. The Balaban J connectivity index is 2.21. The molecule has 9 N–H and O–H groups in total. The first-order chi connectivity index (χ1) is 12.6. The molecule has 0 fully saturated rings. The molecule has 1 aromatic heterocycles. The Hall–Kier alpha value is -3.37. The van der Waals surface area contributed by atoms with Crippen LogP contribution in [0.3, 0.4) is 0 Å². The molecule has 1 aromatic carbocycles. The van der Waals surface area contributed by atoms with Crippen LogP contribution in [-0.2, 0) is 0 Å². The Kier molecular flexibility index (Phi) is 7.16. The molecule has 0 aliphatic carbocycles. The van der Waals surface area contributed by atoms with Crippen LogP contribution in [-0.4, -0.2) is 41.4 Å². The number of carbonyl (C=O) groups excluding carboxylic acids is 1. The summed E-state index contributed by atoms with van der Waals surface area (Å²) in [5.41, 5.74) is 14.2. The number of rotatable bonds is 10. The van der Waals surface area contributed by atoms with Crippen LogP contribution in [0.2, 0.25) is 0 Å². The molecule has 1 amide bonds. The number of hydrogen-bond donors (Lipinski definition) is 6. The van der Waals surface area contributed by atoms with Crippen LogP contribution in [0.4, 0.5) is 23.1 Å². The first-order valence-corrected chi connectivity index (χ1v) is 7.97. The standard InChI is InChI=1S/C16H21N9O/c17-5-2-7-20-16-21-10-13(14(19)26)15(24-16)23-11-3-1-4-12(9-11)25-22-8-6-18/h1,3-4,6,8-10,18,25H,2,5,7,17H2,(H2,19,26)(H2,20,21,23,24)/p+1/b18-6?,22-8-. The third-order valence-electron chi connectivity index (χ3n) is 3.25. The van der Waals surface area contributed by atoms with Gasteiger partial charge in [0.1, 0.15) is 17.6 Å². The summed E-state index contributed by atoms with van der Waals surface area (Å²) in [6.07, 6.45) is 4.62. The van der Waals surface area contributed by atoms with Crippen molar-refractivity contribution in [3.63, 3.8) is 0 Å². The van der Waals surface area contributed by atoms with Gasteiger partial charge in [-0.3, -0.25) is 4.79 Å². The zero-order valence-corrected chi connectivity index (χ0v) is 14.1. The highest BCUT2D eigenvalue weighted by Gasteiger charge is 2.13. The molecule has 1 heterocycles. The Bertz CT molecular complexity index is 791. The SMILES string of the molecule is N=C/C=N\[NH2+]c1cccc(Nc2nc(NCCCN)ncc2C(N)=O)c1. The summed E-state index contributed by atoms with van der Waals surface area (Å²) in [7, 11) is 0. The van der Waals surface area contributed by atoms with Gasteiger partial charge in [-0.2, -0.15) is 10.4 Å². The molecule has 0 atom stereocenters. The van der Waals surface area contributed by atoms with Gasteiger partial charge in [0.15, 0.2) is 5.69 Å². The highest BCUT2D eigenvalue weighted by molar-refractivity contribution is 6.14. The van der Waals surface area contributed by atoms with Gasteiger partial charge < -0.3 is 27.5 Å². The Labute approximate surface area is 150 Å². The Morgan fingerprint density at radius 2 is 2.27 bits per heavy atom. The molecule has 0 bridgehead atoms. The van der Waals surface area contributed by atoms with E-state index in [-0.39, 0.29) is 5.56 Å². The predicted molar refractivity (Wildman–Crippen MR) is 101 cm³/mol. The largest absolute Gasteiger partial charge is 0.365 e. The van der Waals surface area contributed by atoms with Crippen molar-refractivity contribution in [2.45, 2.75) is 6.42 Å². The van der Waals surface area contributed by atoms with E-state index in [2.05, 4.69) is 25.7 Å². The maximum absolute atomic E-state index is 11.6. The molecule has 0 aliphatic rings. The van der Waals surface area contributed by atoms with E-state index < -0.39 is 5.91 Å². The number of nitrogens with two attached hydrogens (primary N) is 3.